The van der Waals surface area contributed by atoms with Crippen LogP contribution in [-0.2, 0) is 6.54 Å². The van der Waals surface area contributed by atoms with E-state index >= 15 is 0 Å². The molecule has 0 unspecified atom stereocenters. The van der Waals surface area contributed by atoms with Crippen LogP contribution >= 0.6 is 0 Å². The van der Waals surface area contributed by atoms with Crippen LogP contribution < -0.4 is 5.73 Å². The highest BCUT2D eigenvalue weighted by atomic mass is 16.5. The lowest BCUT2D eigenvalue weighted by Crippen LogP contribution is -2.26. The number of hydrogen-bond acceptors (Lipinski definition) is 5. The maximum Gasteiger partial charge on any atom is 0.241 e. The van der Waals surface area contributed by atoms with Crippen molar-refractivity contribution in [3.63, 3.8) is 0 Å². The summed E-state index contributed by atoms with van der Waals surface area (Å²) in [5, 5.41) is 4.03. The fourth-order valence-corrected chi connectivity index (χ4v) is 2.34. The SMILES string of the molecule is Cc1ccc(-c2noc(CN3CC[C@H](N)C3)n2)cc1. The van der Waals surface area contributed by atoms with Crippen LogP contribution in [0, 0.1) is 6.92 Å². The standard InChI is InChI=1S/C14H18N4O/c1-10-2-4-11(5-3-10)14-16-13(19-17-14)9-18-7-6-12(15)8-18/h2-5,12H,6-9,15H2,1H3/t12-/m0/s1. The molecule has 1 saturated heterocycles. The number of nitrogens with two attached hydrogens (primary N) is 1. The minimum atomic E-state index is 0.277. The molecular weight excluding hydrogens is 240 g/mol. The topological polar surface area (TPSA) is 68.2 Å². The molecule has 2 heterocycles. The summed E-state index contributed by atoms with van der Waals surface area (Å²) in [4.78, 5) is 6.69. The van der Waals surface area contributed by atoms with Crippen LogP contribution in [0.4, 0.5) is 0 Å². The summed E-state index contributed by atoms with van der Waals surface area (Å²) in [5.74, 6) is 1.31. The van der Waals surface area contributed by atoms with Gasteiger partial charge in [0.25, 0.3) is 0 Å². The monoisotopic (exact) mass is 258 g/mol. The van der Waals surface area contributed by atoms with Gasteiger partial charge in [-0.15, -0.1) is 0 Å². The van der Waals surface area contributed by atoms with Crippen LogP contribution in [0.5, 0.6) is 0 Å². The third kappa shape index (κ3) is 2.83. The van der Waals surface area contributed by atoms with Gasteiger partial charge in [-0.3, -0.25) is 4.90 Å². The van der Waals surface area contributed by atoms with Gasteiger partial charge in [-0.1, -0.05) is 35.0 Å². The zero-order valence-corrected chi connectivity index (χ0v) is 11.0. The summed E-state index contributed by atoms with van der Waals surface area (Å²) in [6.07, 6.45) is 1.04. The highest BCUT2D eigenvalue weighted by Crippen LogP contribution is 2.18. The summed E-state index contributed by atoms with van der Waals surface area (Å²) < 4.78 is 5.30. The molecule has 0 bridgehead atoms. The Hall–Kier alpha value is -1.72. The second-order valence-corrected chi connectivity index (χ2v) is 5.16. The van der Waals surface area contributed by atoms with Crippen molar-refractivity contribution in [2.24, 2.45) is 5.73 Å². The Balaban J connectivity index is 1.71. The first-order chi connectivity index (χ1) is 9.20. The van der Waals surface area contributed by atoms with Gasteiger partial charge < -0.3 is 10.3 Å². The van der Waals surface area contributed by atoms with Crippen LogP contribution in [0.2, 0.25) is 0 Å². The summed E-state index contributed by atoms with van der Waals surface area (Å²) in [7, 11) is 0. The minimum Gasteiger partial charge on any atom is -0.338 e. The maximum absolute atomic E-state index is 5.88. The van der Waals surface area contributed by atoms with E-state index < -0.39 is 0 Å². The van der Waals surface area contributed by atoms with E-state index in [-0.39, 0.29) is 6.04 Å². The molecule has 100 valence electrons. The number of benzene rings is 1. The van der Waals surface area contributed by atoms with E-state index in [0.29, 0.717) is 18.3 Å². The molecule has 1 aliphatic rings. The highest BCUT2D eigenvalue weighted by Gasteiger charge is 2.21. The molecule has 2 N–H and O–H groups in total. The number of likely N-dealkylation sites (tertiary alicyclic amines) is 1. The summed E-state index contributed by atoms with van der Waals surface area (Å²) in [5.41, 5.74) is 8.09. The normalized spacial score (nSPS) is 20.0. The Morgan fingerprint density at radius 3 is 2.84 bits per heavy atom. The van der Waals surface area contributed by atoms with Gasteiger partial charge in [-0.25, -0.2) is 0 Å². The van der Waals surface area contributed by atoms with Crippen molar-refractivity contribution < 1.29 is 4.52 Å². The fraction of sp³-hybridized carbons (Fsp3) is 0.429. The summed E-state index contributed by atoms with van der Waals surface area (Å²) in [6, 6.07) is 8.39. The third-order valence-corrected chi connectivity index (χ3v) is 3.45. The smallest absolute Gasteiger partial charge is 0.241 e. The molecule has 2 aromatic rings. The lowest BCUT2D eigenvalue weighted by atomic mass is 10.1. The van der Waals surface area contributed by atoms with E-state index in [1.807, 2.05) is 24.3 Å². The predicted octanol–water partition coefficient (Wildman–Crippen LogP) is 1.58. The number of hydrogen-bond donors (Lipinski definition) is 1. The Bertz CT molecular complexity index is 549. The van der Waals surface area contributed by atoms with E-state index in [1.54, 1.807) is 0 Å². The van der Waals surface area contributed by atoms with Crippen molar-refractivity contribution >= 4 is 0 Å². The second-order valence-electron chi connectivity index (χ2n) is 5.16. The number of aryl methyl sites for hydroxylation is 1. The quantitative estimate of drug-likeness (QED) is 0.905. The molecule has 0 amide bonds. The number of nitrogens with zero attached hydrogens (tertiary/aromatic N) is 3. The summed E-state index contributed by atoms with van der Waals surface area (Å²) in [6.45, 7) is 4.65. The zero-order valence-electron chi connectivity index (χ0n) is 11.0. The Labute approximate surface area is 112 Å². The molecule has 1 fully saturated rings. The molecule has 0 spiro atoms. The van der Waals surface area contributed by atoms with E-state index in [2.05, 4.69) is 22.0 Å². The molecule has 0 radical (unpaired) electrons. The molecule has 1 aromatic carbocycles. The zero-order chi connectivity index (χ0) is 13.2. The molecule has 0 aliphatic carbocycles. The van der Waals surface area contributed by atoms with Gasteiger partial charge in [0.05, 0.1) is 6.54 Å². The van der Waals surface area contributed by atoms with Crippen molar-refractivity contribution in [1.29, 1.82) is 0 Å². The van der Waals surface area contributed by atoms with Gasteiger partial charge >= 0.3 is 0 Å². The first-order valence-corrected chi connectivity index (χ1v) is 6.58. The minimum absolute atomic E-state index is 0.277. The fourth-order valence-electron chi connectivity index (χ4n) is 2.34. The van der Waals surface area contributed by atoms with Crippen molar-refractivity contribution in [1.82, 2.24) is 15.0 Å². The van der Waals surface area contributed by atoms with E-state index in [1.165, 1.54) is 5.56 Å². The largest absolute Gasteiger partial charge is 0.338 e. The third-order valence-electron chi connectivity index (χ3n) is 3.45. The van der Waals surface area contributed by atoms with Gasteiger partial charge in [0.1, 0.15) is 0 Å². The molecule has 1 aromatic heterocycles. The maximum atomic E-state index is 5.88. The van der Waals surface area contributed by atoms with Crippen LogP contribution in [0.3, 0.4) is 0 Å². The summed E-state index contributed by atoms with van der Waals surface area (Å²) >= 11 is 0. The van der Waals surface area contributed by atoms with E-state index in [4.69, 9.17) is 10.3 Å². The molecule has 5 heteroatoms. The average molecular weight is 258 g/mol. The van der Waals surface area contributed by atoms with Crippen LogP contribution in [-0.4, -0.2) is 34.2 Å². The van der Waals surface area contributed by atoms with Crippen LogP contribution in [0.15, 0.2) is 28.8 Å². The van der Waals surface area contributed by atoms with Crippen LogP contribution in [0.25, 0.3) is 11.4 Å². The molecule has 19 heavy (non-hydrogen) atoms. The van der Waals surface area contributed by atoms with Crippen molar-refractivity contribution in [3.8, 4) is 11.4 Å². The first-order valence-electron chi connectivity index (χ1n) is 6.58. The van der Waals surface area contributed by atoms with E-state index in [0.717, 1.165) is 25.1 Å². The highest BCUT2D eigenvalue weighted by molar-refractivity contribution is 5.54. The van der Waals surface area contributed by atoms with Gasteiger partial charge in [0.15, 0.2) is 0 Å². The molecular formula is C14H18N4O. The lowest BCUT2D eigenvalue weighted by molar-refractivity contribution is 0.265. The molecule has 0 saturated carbocycles. The van der Waals surface area contributed by atoms with Crippen molar-refractivity contribution in [3.05, 3.63) is 35.7 Å². The van der Waals surface area contributed by atoms with Crippen molar-refractivity contribution in [2.75, 3.05) is 13.1 Å². The van der Waals surface area contributed by atoms with Gasteiger partial charge in [0, 0.05) is 24.7 Å². The molecule has 5 nitrogen and oxygen atoms in total. The Morgan fingerprint density at radius 1 is 1.37 bits per heavy atom. The van der Waals surface area contributed by atoms with Gasteiger partial charge in [-0.05, 0) is 13.3 Å². The van der Waals surface area contributed by atoms with E-state index in [9.17, 15) is 0 Å². The second kappa shape index (κ2) is 5.11. The van der Waals surface area contributed by atoms with Gasteiger partial charge in [-0.2, -0.15) is 4.98 Å². The average Bonchev–Trinajstić information content (AvgIpc) is 3.00. The number of rotatable bonds is 3. The first kappa shape index (κ1) is 12.3. The number of aromatic nitrogens is 2. The molecule has 1 aliphatic heterocycles. The predicted molar refractivity (Wildman–Crippen MR) is 72.3 cm³/mol. The Kier molecular flexibility index (Phi) is 3.31. The van der Waals surface area contributed by atoms with Crippen LogP contribution in [0.1, 0.15) is 17.9 Å². The molecule has 3 rings (SSSR count). The van der Waals surface area contributed by atoms with Gasteiger partial charge in [0.2, 0.25) is 11.7 Å². The Morgan fingerprint density at radius 2 is 2.16 bits per heavy atom. The lowest BCUT2D eigenvalue weighted by Gasteiger charge is -2.10. The molecule has 1 atom stereocenters. The van der Waals surface area contributed by atoms with Crippen molar-refractivity contribution in [2.45, 2.75) is 25.9 Å².